The van der Waals surface area contributed by atoms with Gasteiger partial charge in [-0.25, -0.2) is 0 Å². The molecule has 0 atom stereocenters. The van der Waals surface area contributed by atoms with Crippen LogP contribution in [-0.4, -0.2) is 25.5 Å². The van der Waals surface area contributed by atoms with Crippen LogP contribution < -0.4 is 10.6 Å². The Hall–Kier alpha value is -0.570. The normalized spacial score (nSPS) is 15.8. The van der Waals surface area contributed by atoms with Crippen molar-refractivity contribution in [3.8, 4) is 0 Å². The van der Waals surface area contributed by atoms with Gasteiger partial charge in [0, 0.05) is 19.0 Å². The first kappa shape index (κ1) is 10.4. The number of nitrogens with one attached hydrogen (secondary N) is 2. The first-order chi connectivity index (χ1) is 5.16. The highest BCUT2D eigenvalue weighted by Crippen LogP contribution is 1.93. The van der Waals surface area contributed by atoms with E-state index in [0.717, 1.165) is 19.4 Å². The lowest BCUT2D eigenvalue weighted by Gasteiger charge is -1.95. The maximum absolute atomic E-state index is 10.1. The van der Waals surface area contributed by atoms with E-state index in [4.69, 9.17) is 0 Å². The summed E-state index contributed by atoms with van der Waals surface area (Å²) in [5.41, 5.74) is 0. The van der Waals surface area contributed by atoms with Gasteiger partial charge >= 0.3 is 0 Å². The van der Waals surface area contributed by atoms with E-state index in [2.05, 4.69) is 24.5 Å². The molecule has 0 aromatic rings. The van der Waals surface area contributed by atoms with Crippen molar-refractivity contribution in [1.29, 1.82) is 0 Å². The van der Waals surface area contributed by atoms with E-state index in [1.165, 1.54) is 0 Å². The number of carbonyl (C=O) groups excluding carboxylic acids is 1. The zero-order chi connectivity index (χ0) is 8.69. The molecule has 0 radical (unpaired) electrons. The van der Waals surface area contributed by atoms with Crippen LogP contribution in [0.15, 0.2) is 0 Å². The summed E-state index contributed by atoms with van der Waals surface area (Å²) in [6.07, 6.45) is 1.76. The molecule has 0 bridgehead atoms. The summed E-state index contributed by atoms with van der Waals surface area (Å²) in [5.74, 6) is 0.204. The molecule has 0 aromatic carbocycles. The molecule has 2 N–H and O–H groups in total. The van der Waals surface area contributed by atoms with Gasteiger partial charge in [-0.2, -0.15) is 0 Å². The Labute approximate surface area is 68.6 Å². The summed E-state index contributed by atoms with van der Waals surface area (Å²) < 4.78 is 0. The van der Waals surface area contributed by atoms with Crippen LogP contribution in [0.4, 0.5) is 0 Å². The second-order valence-corrected chi connectivity index (χ2v) is 2.90. The topological polar surface area (TPSA) is 41.1 Å². The second-order valence-electron chi connectivity index (χ2n) is 2.90. The quantitative estimate of drug-likeness (QED) is 0.584. The number of amides is 1. The lowest BCUT2D eigenvalue weighted by molar-refractivity contribution is -0.119. The molecule has 3 heteroatoms. The van der Waals surface area contributed by atoms with Crippen LogP contribution in [0.25, 0.3) is 0 Å². The molecule has 0 unspecified atom stereocenters. The summed E-state index contributed by atoms with van der Waals surface area (Å²) in [6.45, 7) is 5.11. The molecule has 1 fully saturated rings. The Morgan fingerprint density at radius 1 is 1.55 bits per heavy atom. The Bertz CT molecular complexity index is 105. The van der Waals surface area contributed by atoms with Crippen LogP contribution in [0.1, 0.15) is 26.7 Å². The largest absolute Gasteiger partial charge is 0.356 e. The van der Waals surface area contributed by atoms with Crippen molar-refractivity contribution in [3.05, 3.63) is 0 Å². The second kappa shape index (κ2) is 6.16. The minimum atomic E-state index is 0.204. The van der Waals surface area contributed by atoms with Crippen molar-refractivity contribution in [3.63, 3.8) is 0 Å². The lowest BCUT2D eigenvalue weighted by Crippen LogP contribution is -2.15. The average Bonchev–Trinajstić information content (AvgIpc) is 2.41. The van der Waals surface area contributed by atoms with Crippen molar-refractivity contribution in [2.75, 3.05) is 13.6 Å². The van der Waals surface area contributed by atoms with E-state index in [1.807, 2.05) is 7.05 Å². The van der Waals surface area contributed by atoms with Crippen molar-refractivity contribution >= 4 is 5.91 Å². The summed E-state index contributed by atoms with van der Waals surface area (Å²) >= 11 is 0. The third kappa shape index (κ3) is 7.33. The van der Waals surface area contributed by atoms with Crippen molar-refractivity contribution < 1.29 is 4.79 Å². The van der Waals surface area contributed by atoms with Crippen LogP contribution in [0.2, 0.25) is 0 Å². The van der Waals surface area contributed by atoms with E-state index in [0.29, 0.717) is 6.04 Å². The molecular weight excluding hydrogens is 140 g/mol. The minimum absolute atomic E-state index is 0.204. The third-order valence-corrected chi connectivity index (χ3v) is 1.48. The molecule has 1 rings (SSSR count). The molecule has 11 heavy (non-hydrogen) atoms. The maximum atomic E-state index is 10.1. The fraction of sp³-hybridized carbons (Fsp3) is 0.875. The Morgan fingerprint density at radius 3 is 2.18 bits per heavy atom. The minimum Gasteiger partial charge on any atom is -0.356 e. The van der Waals surface area contributed by atoms with Crippen molar-refractivity contribution in [2.24, 2.45) is 0 Å². The molecule has 1 aliphatic rings. The predicted molar refractivity (Wildman–Crippen MR) is 46.4 cm³/mol. The van der Waals surface area contributed by atoms with E-state index in [9.17, 15) is 4.79 Å². The van der Waals surface area contributed by atoms with Gasteiger partial charge in [-0.15, -0.1) is 0 Å². The zero-order valence-electron chi connectivity index (χ0n) is 7.61. The Balaban J connectivity index is 0.000000187. The van der Waals surface area contributed by atoms with Crippen molar-refractivity contribution in [2.45, 2.75) is 32.7 Å². The molecule has 1 amide bonds. The van der Waals surface area contributed by atoms with Gasteiger partial charge in [0.2, 0.25) is 5.91 Å². The highest BCUT2D eigenvalue weighted by atomic mass is 16.1. The van der Waals surface area contributed by atoms with Crippen LogP contribution in [-0.2, 0) is 4.79 Å². The van der Waals surface area contributed by atoms with E-state index >= 15 is 0 Å². The molecule has 0 saturated carbocycles. The Kier molecular flexibility index (Phi) is 5.84. The number of carbonyl (C=O) groups is 1. The van der Waals surface area contributed by atoms with Gasteiger partial charge < -0.3 is 10.6 Å². The molecule has 66 valence electrons. The number of hydrogen-bond acceptors (Lipinski definition) is 2. The van der Waals surface area contributed by atoms with Gasteiger partial charge in [0.1, 0.15) is 0 Å². The smallest absolute Gasteiger partial charge is 0.220 e. The van der Waals surface area contributed by atoms with Crippen LogP contribution in [0.3, 0.4) is 0 Å². The number of rotatable bonds is 1. The first-order valence-corrected chi connectivity index (χ1v) is 4.10. The third-order valence-electron chi connectivity index (χ3n) is 1.48. The van der Waals surface area contributed by atoms with Crippen LogP contribution in [0, 0.1) is 0 Å². The number of hydrogen-bond donors (Lipinski definition) is 2. The molecular formula is C8H18N2O. The standard InChI is InChI=1S/C4H7NO.C4H11N/c6-4-2-1-3-5-4;1-4(2)5-3/h1-3H2,(H,5,6);4-5H,1-3H3. The van der Waals surface area contributed by atoms with E-state index in [-0.39, 0.29) is 5.91 Å². The summed E-state index contributed by atoms with van der Waals surface area (Å²) in [4.78, 5) is 10.1. The summed E-state index contributed by atoms with van der Waals surface area (Å²) in [7, 11) is 1.95. The Morgan fingerprint density at radius 2 is 2.09 bits per heavy atom. The summed E-state index contributed by atoms with van der Waals surface area (Å²) in [6, 6.07) is 0.634. The van der Waals surface area contributed by atoms with Gasteiger partial charge in [0.05, 0.1) is 0 Å². The van der Waals surface area contributed by atoms with Gasteiger partial charge in [-0.3, -0.25) is 4.79 Å². The van der Waals surface area contributed by atoms with Gasteiger partial charge in [0.15, 0.2) is 0 Å². The fourth-order valence-corrected chi connectivity index (χ4v) is 0.565. The molecule has 0 aromatic heterocycles. The molecule has 1 aliphatic heterocycles. The van der Waals surface area contributed by atoms with Crippen LogP contribution in [0.5, 0.6) is 0 Å². The maximum Gasteiger partial charge on any atom is 0.220 e. The molecule has 1 saturated heterocycles. The van der Waals surface area contributed by atoms with E-state index in [1.54, 1.807) is 0 Å². The SMILES string of the molecule is CNC(C)C.O=C1CCCN1. The van der Waals surface area contributed by atoms with Crippen molar-refractivity contribution in [1.82, 2.24) is 10.6 Å². The highest BCUT2D eigenvalue weighted by molar-refractivity contribution is 5.77. The van der Waals surface area contributed by atoms with Crippen LogP contribution >= 0.6 is 0 Å². The molecule has 0 spiro atoms. The van der Waals surface area contributed by atoms with Gasteiger partial charge in [0.25, 0.3) is 0 Å². The molecule has 0 aliphatic carbocycles. The fourth-order valence-electron chi connectivity index (χ4n) is 0.565. The molecule has 1 heterocycles. The lowest BCUT2D eigenvalue weighted by atomic mass is 10.4. The van der Waals surface area contributed by atoms with Gasteiger partial charge in [-0.1, -0.05) is 13.8 Å². The zero-order valence-corrected chi connectivity index (χ0v) is 7.61. The first-order valence-electron chi connectivity index (χ1n) is 4.10. The van der Waals surface area contributed by atoms with E-state index < -0.39 is 0 Å². The predicted octanol–water partition coefficient (Wildman–Crippen LogP) is 0.511. The van der Waals surface area contributed by atoms with Gasteiger partial charge in [-0.05, 0) is 13.5 Å². The highest BCUT2D eigenvalue weighted by Gasteiger charge is 2.05. The monoisotopic (exact) mass is 158 g/mol. The summed E-state index contributed by atoms with van der Waals surface area (Å²) in [5, 5.41) is 5.71. The average molecular weight is 158 g/mol. The molecule has 3 nitrogen and oxygen atoms in total.